The molecule has 1 heterocycles. The number of hydrogen-bond donors (Lipinski definition) is 1. The van der Waals surface area contributed by atoms with Crippen molar-refractivity contribution in [2.75, 3.05) is 18.1 Å². The van der Waals surface area contributed by atoms with E-state index in [-0.39, 0.29) is 6.61 Å². The third kappa shape index (κ3) is 1.53. The highest BCUT2D eigenvalue weighted by molar-refractivity contribution is 5.60. The molecule has 1 unspecified atom stereocenters. The molecule has 0 saturated heterocycles. The molecular formula is C12H15NO. The first-order valence-corrected chi connectivity index (χ1v) is 4.97. The van der Waals surface area contributed by atoms with E-state index < -0.39 is 0 Å². The van der Waals surface area contributed by atoms with Crippen LogP contribution in [0.25, 0.3) is 0 Å². The van der Waals surface area contributed by atoms with E-state index in [1.165, 1.54) is 11.3 Å². The van der Waals surface area contributed by atoms with Crippen molar-refractivity contribution >= 4 is 5.69 Å². The summed E-state index contributed by atoms with van der Waals surface area (Å²) in [5.74, 6) is 0.473. The van der Waals surface area contributed by atoms with Gasteiger partial charge in [-0.3, -0.25) is 0 Å². The molecule has 0 spiro atoms. The van der Waals surface area contributed by atoms with Gasteiger partial charge in [-0.05, 0) is 11.6 Å². The van der Waals surface area contributed by atoms with E-state index in [4.69, 9.17) is 5.11 Å². The fourth-order valence-electron chi connectivity index (χ4n) is 1.85. The lowest BCUT2D eigenvalue weighted by Gasteiger charge is -2.28. The number of anilines is 1. The highest BCUT2D eigenvalue weighted by atomic mass is 16.3. The van der Waals surface area contributed by atoms with Crippen molar-refractivity contribution in [3.8, 4) is 0 Å². The Hall–Kier alpha value is -1.28. The molecule has 0 bridgehead atoms. The van der Waals surface area contributed by atoms with Gasteiger partial charge in [0.2, 0.25) is 0 Å². The molecule has 0 amide bonds. The van der Waals surface area contributed by atoms with Crippen LogP contribution in [-0.2, 0) is 0 Å². The van der Waals surface area contributed by atoms with Crippen LogP contribution in [0.3, 0.4) is 0 Å². The van der Waals surface area contributed by atoms with E-state index in [1.54, 1.807) is 0 Å². The maximum atomic E-state index is 8.93. The number of fused-ring (bicyclic) bond motifs is 1. The normalized spacial score (nSPS) is 19.6. The van der Waals surface area contributed by atoms with E-state index in [1.807, 2.05) is 6.07 Å². The second-order valence-corrected chi connectivity index (χ2v) is 3.61. The van der Waals surface area contributed by atoms with Crippen molar-refractivity contribution in [2.24, 2.45) is 0 Å². The lowest BCUT2D eigenvalue weighted by atomic mass is 9.96. The maximum Gasteiger partial charge on any atom is 0.0610 e. The summed E-state index contributed by atoms with van der Waals surface area (Å²) < 4.78 is 0. The van der Waals surface area contributed by atoms with Crippen LogP contribution in [-0.4, -0.2) is 18.3 Å². The van der Waals surface area contributed by atoms with Gasteiger partial charge in [0.05, 0.1) is 6.61 Å². The van der Waals surface area contributed by atoms with Gasteiger partial charge < -0.3 is 10.0 Å². The molecule has 0 fully saturated rings. The van der Waals surface area contributed by atoms with Gasteiger partial charge >= 0.3 is 0 Å². The van der Waals surface area contributed by atoms with Crippen molar-refractivity contribution in [1.29, 1.82) is 0 Å². The summed E-state index contributed by atoms with van der Waals surface area (Å²) >= 11 is 0. The first-order valence-electron chi connectivity index (χ1n) is 4.97. The summed E-state index contributed by atoms with van der Waals surface area (Å²) in [6, 6.07) is 8.35. The maximum absolute atomic E-state index is 8.93. The minimum atomic E-state index is 0.188. The highest BCUT2D eigenvalue weighted by Gasteiger charge is 2.16. The van der Waals surface area contributed by atoms with Crippen molar-refractivity contribution < 1.29 is 5.11 Å². The number of β-amino-alcohol motifs (C(OH)–C–C–N with tert-alkyl or cyclic N) is 1. The minimum absolute atomic E-state index is 0.188. The second-order valence-electron chi connectivity index (χ2n) is 3.61. The number of aliphatic hydroxyl groups is 1. The highest BCUT2D eigenvalue weighted by Crippen LogP contribution is 2.32. The Morgan fingerprint density at radius 3 is 2.93 bits per heavy atom. The van der Waals surface area contributed by atoms with E-state index in [9.17, 15) is 0 Å². The van der Waals surface area contributed by atoms with Crippen LogP contribution in [0.2, 0.25) is 0 Å². The van der Waals surface area contributed by atoms with Gasteiger partial charge in [0, 0.05) is 24.4 Å². The molecule has 0 radical (unpaired) electrons. The first-order chi connectivity index (χ1) is 6.83. The van der Waals surface area contributed by atoms with Gasteiger partial charge in [-0.25, -0.2) is 0 Å². The lowest BCUT2D eigenvalue weighted by Crippen LogP contribution is -2.24. The van der Waals surface area contributed by atoms with E-state index in [0.717, 1.165) is 0 Å². The van der Waals surface area contributed by atoms with Gasteiger partial charge in [-0.15, -0.1) is 0 Å². The van der Waals surface area contributed by atoms with Crippen LogP contribution in [0.4, 0.5) is 5.69 Å². The van der Waals surface area contributed by atoms with Crippen LogP contribution in [0, 0.1) is 0 Å². The molecule has 2 nitrogen and oxygen atoms in total. The fraction of sp³-hybridized carbons (Fsp3) is 0.333. The van der Waals surface area contributed by atoms with Crippen molar-refractivity contribution in [1.82, 2.24) is 0 Å². The zero-order valence-electron chi connectivity index (χ0n) is 8.35. The standard InChI is InChI=1S/C12H15NO/c1-10-6-7-13(8-9-14)12-5-3-2-4-11(10)12/h2-7,10,14H,8-9H2,1H3. The molecule has 1 aliphatic heterocycles. The van der Waals surface area contributed by atoms with E-state index >= 15 is 0 Å². The third-order valence-electron chi connectivity index (χ3n) is 2.63. The summed E-state index contributed by atoms with van der Waals surface area (Å²) in [7, 11) is 0. The van der Waals surface area contributed by atoms with Gasteiger partial charge in [0.1, 0.15) is 0 Å². The smallest absolute Gasteiger partial charge is 0.0610 e. The molecule has 2 rings (SSSR count). The number of aliphatic hydroxyl groups excluding tert-OH is 1. The quantitative estimate of drug-likeness (QED) is 0.770. The van der Waals surface area contributed by atoms with Gasteiger partial charge in [0.15, 0.2) is 0 Å². The minimum Gasteiger partial charge on any atom is -0.395 e. The molecule has 1 N–H and O–H groups in total. The number of benzene rings is 1. The molecule has 74 valence electrons. The van der Waals surface area contributed by atoms with Crippen LogP contribution >= 0.6 is 0 Å². The molecule has 0 saturated carbocycles. The summed E-state index contributed by atoms with van der Waals surface area (Å²) in [5, 5.41) is 8.93. The van der Waals surface area contributed by atoms with Crippen molar-refractivity contribution in [3.05, 3.63) is 42.1 Å². The molecule has 1 aromatic rings. The number of nitrogens with zero attached hydrogens (tertiary/aromatic N) is 1. The molecule has 14 heavy (non-hydrogen) atoms. The number of para-hydroxylation sites is 1. The van der Waals surface area contributed by atoms with Crippen molar-refractivity contribution in [2.45, 2.75) is 12.8 Å². The predicted octanol–water partition coefficient (Wildman–Crippen LogP) is 2.12. The first kappa shape index (κ1) is 9.28. The molecular weight excluding hydrogens is 174 g/mol. The van der Waals surface area contributed by atoms with Gasteiger partial charge in [-0.1, -0.05) is 31.2 Å². The van der Waals surface area contributed by atoms with Crippen LogP contribution < -0.4 is 4.90 Å². The largest absolute Gasteiger partial charge is 0.395 e. The van der Waals surface area contributed by atoms with E-state index in [0.29, 0.717) is 12.5 Å². The monoisotopic (exact) mass is 189 g/mol. The molecule has 1 aromatic carbocycles. The Morgan fingerprint density at radius 2 is 2.14 bits per heavy atom. The Balaban J connectivity index is 2.37. The topological polar surface area (TPSA) is 23.5 Å². The lowest BCUT2D eigenvalue weighted by molar-refractivity contribution is 0.305. The van der Waals surface area contributed by atoms with Gasteiger partial charge in [0.25, 0.3) is 0 Å². The number of hydrogen-bond acceptors (Lipinski definition) is 2. The number of allylic oxidation sites excluding steroid dienone is 1. The Morgan fingerprint density at radius 1 is 1.36 bits per heavy atom. The SMILES string of the molecule is CC1C=CN(CCO)c2ccccc21. The fourth-order valence-corrected chi connectivity index (χ4v) is 1.85. The molecule has 1 atom stereocenters. The summed E-state index contributed by atoms with van der Waals surface area (Å²) in [6.45, 7) is 3.04. The van der Waals surface area contributed by atoms with E-state index in [2.05, 4.69) is 42.3 Å². The average molecular weight is 189 g/mol. The Kier molecular flexibility index (Phi) is 2.55. The Bertz CT molecular complexity index is 346. The van der Waals surface area contributed by atoms with Crippen LogP contribution in [0.5, 0.6) is 0 Å². The molecule has 0 aromatic heterocycles. The Labute approximate surface area is 84.5 Å². The third-order valence-corrected chi connectivity index (χ3v) is 2.63. The average Bonchev–Trinajstić information content (AvgIpc) is 2.23. The summed E-state index contributed by atoms with van der Waals surface area (Å²) in [5.41, 5.74) is 2.56. The predicted molar refractivity (Wildman–Crippen MR) is 58.4 cm³/mol. The molecule has 1 aliphatic rings. The van der Waals surface area contributed by atoms with Crippen LogP contribution in [0.15, 0.2) is 36.5 Å². The zero-order chi connectivity index (χ0) is 9.97. The zero-order valence-corrected chi connectivity index (χ0v) is 8.35. The van der Waals surface area contributed by atoms with Crippen LogP contribution in [0.1, 0.15) is 18.4 Å². The summed E-state index contributed by atoms with van der Waals surface area (Å²) in [6.07, 6.45) is 4.22. The summed E-state index contributed by atoms with van der Waals surface area (Å²) in [4.78, 5) is 2.09. The van der Waals surface area contributed by atoms with Crippen molar-refractivity contribution in [3.63, 3.8) is 0 Å². The molecule has 2 heteroatoms. The van der Waals surface area contributed by atoms with Gasteiger partial charge in [-0.2, -0.15) is 0 Å². The molecule has 0 aliphatic carbocycles. The number of rotatable bonds is 2. The second kappa shape index (κ2) is 3.84.